The molecule has 10 heteroatoms. The molecule has 1 aliphatic carbocycles. The zero-order chi connectivity index (χ0) is 17.1. The number of ether oxygens (including phenoxy) is 1. The Morgan fingerprint density at radius 1 is 1.18 bits per heavy atom. The molecule has 2 unspecified atom stereocenters. The molecule has 0 radical (unpaired) electrons. The van der Waals surface area contributed by atoms with Crippen LogP contribution in [0.25, 0.3) is 0 Å². The van der Waals surface area contributed by atoms with E-state index in [0.717, 1.165) is 0 Å². The minimum Gasteiger partial charge on any atom is -0.378 e. The lowest BCUT2D eigenvalue weighted by molar-refractivity contribution is -0.0291. The number of methoxy groups -OCH3 is 1. The van der Waals surface area contributed by atoms with Crippen LogP contribution in [0.5, 0.6) is 0 Å². The summed E-state index contributed by atoms with van der Waals surface area (Å²) >= 11 is 0. The number of hydrogen-bond donors (Lipinski definition) is 3. The lowest BCUT2D eigenvalue weighted by Crippen LogP contribution is -2.32. The van der Waals surface area contributed by atoms with Gasteiger partial charge in [-0.25, -0.2) is 4.57 Å². The highest BCUT2D eigenvalue weighted by Gasteiger charge is 2.46. The van der Waals surface area contributed by atoms with E-state index in [2.05, 4.69) is 0 Å². The third-order valence-electron chi connectivity index (χ3n) is 3.69. The smallest absolute Gasteiger partial charge is 0.378 e. The van der Waals surface area contributed by atoms with E-state index >= 15 is 0 Å². The van der Waals surface area contributed by atoms with Crippen molar-refractivity contribution in [1.82, 2.24) is 0 Å². The molecule has 1 rings (SSSR count). The van der Waals surface area contributed by atoms with Crippen LogP contribution in [0.4, 0.5) is 0 Å². The van der Waals surface area contributed by atoms with Crippen LogP contribution in [0.2, 0.25) is 0 Å². The summed E-state index contributed by atoms with van der Waals surface area (Å²) in [7, 11) is -6.90. The minimum absolute atomic E-state index is 0.0517. The molecule has 1 saturated carbocycles. The highest BCUT2D eigenvalue weighted by atomic mass is 31.2. The van der Waals surface area contributed by atoms with E-state index in [0.29, 0.717) is 6.42 Å². The summed E-state index contributed by atoms with van der Waals surface area (Å²) in [6.07, 6.45) is -1.13. The van der Waals surface area contributed by atoms with Gasteiger partial charge in [-0.3, -0.25) is 13.6 Å². The zero-order valence-corrected chi connectivity index (χ0v) is 15.1. The van der Waals surface area contributed by atoms with Gasteiger partial charge in [0.15, 0.2) is 0 Å². The van der Waals surface area contributed by atoms with Crippen molar-refractivity contribution in [3.63, 3.8) is 0 Å². The normalized spacial score (nSPS) is 32.4. The van der Waals surface area contributed by atoms with Gasteiger partial charge in [0.05, 0.1) is 24.5 Å². The second-order valence-electron chi connectivity index (χ2n) is 6.04. The van der Waals surface area contributed by atoms with Crippen LogP contribution in [-0.2, 0) is 22.9 Å². The first-order valence-corrected chi connectivity index (χ1v) is 10.5. The topological polar surface area (TPSA) is 123 Å². The van der Waals surface area contributed by atoms with Crippen LogP contribution in [0.15, 0.2) is 0 Å². The number of rotatable bonds is 8. The molecular weight excluding hydrogens is 334 g/mol. The van der Waals surface area contributed by atoms with Crippen molar-refractivity contribution < 1.29 is 37.6 Å². The third-order valence-corrected chi connectivity index (χ3v) is 5.72. The fourth-order valence-corrected chi connectivity index (χ4v) is 4.76. The first-order valence-electron chi connectivity index (χ1n) is 7.22. The predicted octanol–water partition coefficient (Wildman–Crippen LogP) is 2.14. The molecule has 8 nitrogen and oxygen atoms in total. The third kappa shape index (κ3) is 6.38. The first-order chi connectivity index (χ1) is 9.95. The van der Waals surface area contributed by atoms with Gasteiger partial charge in [-0.15, -0.1) is 0 Å². The fourth-order valence-electron chi connectivity index (χ4n) is 2.91. The van der Waals surface area contributed by atoms with Gasteiger partial charge in [0.1, 0.15) is 0 Å². The molecule has 22 heavy (non-hydrogen) atoms. The second kappa shape index (κ2) is 7.86. The largest absolute Gasteiger partial charge is 0.472 e. The van der Waals surface area contributed by atoms with Gasteiger partial charge in [0.2, 0.25) is 0 Å². The summed E-state index contributed by atoms with van der Waals surface area (Å²) in [5.41, 5.74) is 0. The van der Waals surface area contributed by atoms with Gasteiger partial charge in [0, 0.05) is 7.11 Å². The Balaban J connectivity index is 2.83. The summed E-state index contributed by atoms with van der Waals surface area (Å²) in [5.74, 6) is -0.223. The fraction of sp³-hybridized carbons (Fsp3) is 1.00. The highest BCUT2D eigenvalue weighted by molar-refractivity contribution is 7.51. The number of phosphoric acid groups is 1. The Bertz CT molecular complexity index is 448. The molecule has 3 N–H and O–H groups in total. The molecule has 0 aromatic heterocycles. The van der Waals surface area contributed by atoms with Crippen molar-refractivity contribution in [2.45, 2.75) is 51.9 Å². The van der Waals surface area contributed by atoms with Gasteiger partial charge in [-0.05, 0) is 38.5 Å². The molecule has 0 saturated heterocycles. The molecule has 5 atom stereocenters. The van der Waals surface area contributed by atoms with Gasteiger partial charge < -0.3 is 19.4 Å². The molecule has 1 fully saturated rings. The molecule has 0 aromatic rings. The summed E-state index contributed by atoms with van der Waals surface area (Å²) in [6, 6.07) is 0. The molecule has 0 aromatic carbocycles. The maximum atomic E-state index is 12.0. The van der Waals surface area contributed by atoms with Crippen LogP contribution in [-0.4, -0.2) is 46.3 Å². The average Bonchev–Trinajstić information content (AvgIpc) is 2.59. The molecule has 132 valence electrons. The standard InChI is InChI=1S/C12H26O8P2/c1-8(2)19-22(16,17)20-12-10(5-6-21(13,14)15)7-9(3)11(12)18-4/h8-12H,5-7H2,1-4H3,(H,16,17)(H2,13,14,15)/t9?,10-,11-,12+/m0/s1. The molecular formula is C12H26O8P2. The van der Waals surface area contributed by atoms with Crippen molar-refractivity contribution in [3.8, 4) is 0 Å². The van der Waals surface area contributed by atoms with Crippen LogP contribution in [0.1, 0.15) is 33.6 Å². The molecule has 0 spiro atoms. The van der Waals surface area contributed by atoms with Crippen molar-refractivity contribution >= 4 is 15.4 Å². The maximum absolute atomic E-state index is 12.0. The highest BCUT2D eigenvalue weighted by Crippen LogP contribution is 2.52. The molecule has 0 bridgehead atoms. The Labute approximate surface area is 130 Å². The summed E-state index contributed by atoms with van der Waals surface area (Å²) in [6.45, 7) is 5.14. The van der Waals surface area contributed by atoms with E-state index in [1.807, 2.05) is 6.92 Å². The molecule has 0 heterocycles. The Hall–Kier alpha value is 0.220. The van der Waals surface area contributed by atoms with E-state index in [4.69, 9.17) is 23.6 Å². The zero-order valence-electron chi connectivity index (χ0n) is 13.3. The molecule has 0 aliphatic heterocycles. The Morgan fingerprint density at radius 3 is 2.23 bits per heavy atom. The Kier molecular flexibility index (Phi) is 7.24. The summed E-state index contributed by atoms with van der Waals surface area (Å²) in [4.78, 5) is 27.8. The van der Waals surface area contributed by atoms with Gasteiger partial charge in [-0.2, -0.15) is 0 Å². The summed E-state index contributed by atoms with van der Waals surface area (Å²) in [5, 5.41) is 0. The SMILES string of the molecule is CO[C@H]1C(C)C[C@H](CCP(=O)(O)O)[C@H]1OP(=O)(O)OC(C)C. The quantitative estimate of drug-likeness (QED) is 0.563. The van der Waals surface area contributed by atoms with Crippen LogP contribution in [0.3, 0.4) is 0 Å². The molecule has 0 amide bonds. The van der Waals surface area contributed by atoms with Gasteiger partial charge >= 0.3 is 15.4 Å². The first kappa shape index (κ1) is 20.3. The van der Waals surface area contributed by atoms with E-state index in [-0.39, 0.29) is 24.4 Å². The predicted molar refractivity (Wildman–Crippen MR) is 80.5 cm³/mol. The van der Waals surface area contributed by atoms with Crippen molar-refractivity contribution in [2.24, 2.45) is 11.8 Å². The average molecular weight is 360 g/mol. The van der Waals surface area contributed by atoms with Gasteiger partial charge in [-0.1, -0.05) is 6.92 Å². The maximum Gasteiger partial charge on any atom is 0.472 e. The van der Waals surface area contributed by atoms with Crippen LogP contribution < -0.4 is 0 Å². The lowest BCUT2D eigenvalue weighted by atomic mass is 10.0. The van der Waals surface area contributed by atoms with Crippen LogP contribution in [0, 0.1) is 11.8 Å². The number of hydrogen-bond acceptors (Lipinski definition) is 5. The van der Waals surface area contributed by atoms with Crippen molar-refractivity contribution in [2.75, 3.05) is 13.3 Å². The minimum atomic E-state index is -4.25. The number of phosphoric ester groups is 1. The summed E-state index contributed by atoms with van der Waals surface area (Å²) < 4.78 is 38.6. The second-order valence-corrected chi connectivity index (χ2v) is 9.18. The Morgan fingerprint density at radius 2 is 1.77 bits per heavy atom. The van der Waals surface area contributed by atoms with E-state index in [1.165, 1.54) is 7.11 Å². The van der Waals surface area contributed by atoms with E-state index < -0.39 is 33.7 Å². The van der Waals surface area contributed by atoms with Gasteiger partial charge in [0.25, 0.3) is 0 Å². The van der Waals surface area contributed by atoms with E-state index in [1.54, 1.807) is 13.8 Å². The lowest BCUT2D eigenvalue weighted by Gasteiger charge is -2.27. The monoisotopic (exact) mass is 360 g/mol. The van der Waals surface area contributed by atoms with Crippen molar-refractivity contribution in [3.05, 3.63) is 0 Å². The van der Waals surface area contributed by atoms with Crippen molar-refractivity contribution in [1.29, 1.82) is 0 Å². The van der Waals surface area contributed by atoms with E-state index in [9.17, 15) is 14.0 Å². The van der Waals surface area contributed by atoms with Crippen LogP contribution >= 0.6 is 15.4 Å². The molecule has 1 aliphatic rings.